The van der Waals surface area contributed by atoms with Gasteiger partial charge in [0.1, 0.15) is 11.6 Å². The van der Waals surface area contributed by atoms with E-state index in [9.17, 15) is 5.41 Å². The lowest BCUT2D eigenvalue weighted by Crippen LogP contribution is -2.33. The van der Waals surface area contributed by atoms with Crippen LogP contribution in [-0.4, -0.2) is 30.4 Å². The number of amidine groups is 1. The lowest BCUT2D eigenvalue weighted by molar-refractivity contribution is 0.308. The zero-order valence-electron chi connectivity index (χ0n) is 22.7. The molecule has 0 saturated heterocycles. The number of fused-ring (bicyclic) bond motifs is 1. The predicted octanol–water partition coefficient (Wildman–Crippen LogP) is 9.79. The minimum Gasteiger partial charge on any atom is -0.493 e. The SMILES string of the molecule is CCCCCCCN(CCCCCCC)C(=N)c1ccc(OCCCCCC)c2ccccc12.Cl. The second-order valence-electron chi connectivity index (χ2n) is 9.73. The molecule has 1 N–H and O–H groups in total. The third-order valence-corrected chi connectivity index (χ3v) is 6.77. The largest absolute Gasteiger partial charge is 0.493 e. The average Bonchev–Trinajstić information content (AvgIpc) is 2.86. The molecule has 4 heteroatoms. The van der Waals surface area contributed by atoms with E-state index in [0.29, 0.717) is 5.84 Å². The van der Waals surface area contributed by atoms with Crippen LogP contribution in [-0.2, 0) is 0 Å². The molecular weight excluding hydrogens is 452 g/mol. The van der Waals surface area contributed by atoms with Crippen LogP contribution in [0, 0.1) is 5.41 Å². The Hall–Kier alpha value is -1.74. The Bertz CT molecular complexity index is 809. The molecule has 0 radical (unpaired) electrons. The van der Waals surface area contributed by atoms with Gasteiger partial charge in [0.05, 0.1) is 6.61 Å². The van der Waals surface area contributed by atoms with Crippen molar-refractivity contribution >= 4 is 29.0 Å². The maximum Gasteiger partial charge on any atom is 0.128 e. The molecule has 0 spiro atoms. The molecule has 35 heavy (non-hydrogen) atoms. The monoisotopic (exact) mass is 502 g/mol. The molecular formula is C31H51ClN2O. The van der Waals surface area contributed by atoms with Crippen LogP contribution in [0.25, 0.3) is 10.8 Å². The highest BCUT2D eigenvalue weighted by molar-refractivity contribution is 6.09. The van der Waals surface area contributed by atoms with E-state index in [-0.39, 0.29) is 12.4 Å². The van der Waals surface area contributed by atoms with Crippen LogP contribution >= 0.6 is 12.4 Å². The minimum atomic E-state index is 0. The number of nitrogens with one attached hydrogen (secondary N) is 1. The van der Waals surface area contributed by atoms with Gasteiger partial charge in [-0.15, -0.1) is 12.4 Å². The fourth-order valence-corrected chi connectivity index (χ4v) is 4.63. The minimum absolute atomic E-state index is 0. The quantitative estimate of drug-likeness (QED) is 0.118. The zero-order valence-corrected chi connectivity index (χ0v) is 23.6. The predicted molar refractivity (Wildman–Crippen MR) is 157 cm³/mol. The zero-order chi connectivity index (χ0) is 24.4. The van der Waals surface area contributed by atoms with Gasteiger partial charge in [-0.05, 0) is 36.8 Å². The standard InChI is InChI=1S/C31H50N2O.ClH/c1-4-7-10-13-17-24-33(25-18-14-11-8-5-2)31(32)29-22-23-30(34-26-19-12-9-6-3)28-21-16-15-20-27(28)29;/h15-16,20-23,32H,4-14,17-19,24-26H2,1-3H3;1H. The first kappa shape index (κ1) is 31.3. The van der Waals surface area contributed by atoms with Crippen molar-refractivity contribution < 1.29 is 4.74 Å². The second kappa shape index (κ2) is 19.4. The van der Waals surface area contributed by atoms with Crippen molar-refractivity contribution in [1.82, 2.24) is 4.90 Å². The van der Waals surface area contributed by atoms with Crippen molar-refractivity contribution in [3.8, 4) is 5.75 Å². The highest BCUT2D eigenvalue weighted by Crippen LogP contribution is 2.30. The van der Waals surface area contributed by atoms with Crippen LogP contribution < -0.4 is 4.74 Å². The van der Waals surface area contributed by atoms with E-state index in [0.717, 1.165) is 48.2 Å². The van der Waals surface area contributed by atoms with Crippen LogP contribution in [0.1, 0.15) is 116 Å². The van der Waals surface area contributed by atoms with E-state index < -0.39 is 0 Å². The lowest BCUT2D eigenvalue weighted by atomic mass is 10.0. The first-order chi connectivity index (χ1) is 16.7. The Morgan fingerprint density at radius 3 is 1.74 bits per heavy atom. The third-order valence-electron chi connectivity index (χ3n) is 6.77. The molecule has 0 aliphatic carbocycles. The van der Waals surface area contributed by atoms with Gasteiger partial charge in [-0.1, -0.05) is 116 Å². The summed E-state index contributed by atoms with van der Waals surface area (Å²) in [6.07, 6.45) is 17.5. The fraction of sp³-hybridized carbons (Fsp3) is 0.645. The Morgan fingerprint density at radius 1 is 0.657 bits per heavy atom. The molecule has 0 amide bonds. The normalized spacial score (nSPS) is 10.8. The van der Waals surface area contributed by atoms with Crippen LogP contribution in [0.3, 0.4) is 0 Å². The van der Waals surface area contributed by atoms with Gasteiger partial charge in [0.2, 0.25) is 0 Å². The molecule has 0 saturated carbocycles. The number of rotatable bonds is 19. The first-order valence-electron chi connectivity index (χ1n) is 14.2. The average molecular weight is 503 g/mol. The number of nitrogens with zero attached hydrogens (tertiary/aromatic N) is 1. The molecule has 2 rings (SSSR count). The van der Waals surface area contributed by atoms with E-state index in [1.807, 2.05) is 0 Å². The summed E-state index contributed by atoms with van der Waals surface area (Å²) in [7, 11) is 0. The van der Waals surface area contributed by atoms with Crippen LogP contribution in [0.2, 0.25) is 0 Å². The molecule has 198 valence electrons. The molecule has 0 aliphatic heterocycles. The van der Waals surface area contributed by atoms with Gasteiger partial charge >= 0.3 is 0 Å². The molecule has 0 bridgehead atoms. The summed E-state index contributed by atoms with van der Waals surface area (Å²) in [4.78, 5) is 2.34. The van der Waals surface area contributed by atoms with Gasteiger partial charge in [0.25, 0.3) is 0 Å². The van der Waals surface area contributed by atoms with Gasteiger partial charge < -0.3 is 9.64 Å². The van der Waals surface area contributed by atoms with E-state index >= 15 is 0 Å². The number of unbranched alkanes of at least 4 members (excludes halogenated alkanes) is 11. The maximum absolute atomic E-state index is 9.17. The summed E-state index contributed by atoms with van der Waals surface area (Å²) in [5.41, 5.74) is 1.04. The molecule has 0 atom stereocenters. The van der Waals surface area contributed by atoms with Crippen molar-refractivity contribution in [2.24, 2.45) is 0 Å². The molecule has 3 nitrogen and oxygen atoms in total. The van der Waals surface area contributed by atoms with Gasteiger partial charge in [0.15, 0.2) is 0 Å². The topological polar surface area (TPSA) is 36.3 Å². The summed E-state index contributed by atoms with van der Waals surface area (Å²) >= 11 is 0. The summed E-state index contributed by atoms with van der Waals surface area (Å²) in [6, 6.07) is 12.7. The molecule has 0 heterocycles. The Labute approximate surface area is 221 Å². The van der Waals surface area contributed by atoms with Crippen molar-refractivity contribution in [1.29, 1.82) is 5.41 Å². The first-order valence-corrected chi connectivity index (χ1v) is 14.2. The van der Waals surface area contributed by atoms with Crippen molar-refractivity contribution in [2.75, 3.05) is 19.7 Å². The molecule has 0 aromatic heterocycles. The molecule has 2 aromatic rings. The molecule has 2 aromatic carbocycles. The van der Waals surface area contributed by atoms with Gasteiger partial charge in [-0.3, -0.25) is 5.41 Å². The Kier molecular flexibility index (Phi) is 17.4. The Balaban J connectivity index is 0.00000612. The van der Waals surface area contributed by atoms with E-state index in [1.165, 1.54) is 83.5 Å². The van der Waals surface area contributed by atoms with Crippen molar-refractivity contribution in [3.05, 3.63) is 42.0 Å². The van der Waals surface area contributed by atoms with Gasteiger partial charge in [-0.25, -0.2) is 0 Å². The van der Waals surface area contributed by atoms with E-state index in [1.54, 1.807) is 0 Å². The van der Waals surface area contributed by atoms with Crippen LogP contribution in [0.4, 0.5) is 0 Å². The van der Waals surface area contributed by atoms with Gasteiger partial charge in [0, 0.05) is 24.0 Å². The van der Waals surface area contributed by atoms with Gasteiger partial charge in [-0.2, -0.15) is 0 Å². The fourth-order valence-electron chi connectivity index (χ4n) is 4.63. The number of halogens is 1. The maximum atomic E-state index is 9.17. The summed E-state index contributed by atoms with van der Waals surface area (Å²) < 4.78 is 6.18. The van der Waals surface area contributed by atoms with Crippen LogP contribution in [0.5, 0.6) is 5.75 Å². The summed E-state index contributed by atoms with van der Waals surface area (Å²) in [5.74, 6) is 1.63. The highest BCUT2D eigenvalue weighted by atomic mass is 35.5. The summed E-state index contributed by atoms with van der Waals surface area (Å²) in [5, 5.41) is 11.4. The van der Waals surface area contributed by atoms with Crippen LogP contribution in [0.15, 0.2) is 36.4 Å². The molecule has 0 unspecified atom stereocenters. The number of hydrogen-bond acceptors (Lipinski definition) is 2. The number of benzene rings is 2. The molecule has 0 aliphatic rings. The second-order valence-corrected chi connectivity index (χ2v) is 9.73. The lowest BCUT2D eigenvalue weighted by Gasteiger charge is -2.26. The number of hydrogen-bond donors (Lipinski definition) is 1. The van der Waals surface area contributed by atoms with Crippen molar-refractivity contribution in [3.63, 3.8) is 0 Å². The third kappa shape index (κ3) is 11.2. The molecule has 0 fully saturated rings. The van der Waals surface area contributed by atoms with E-state index in [2.05, 4.69) is 62.1 Å². The smallest absolute Gasteiger partial charge is 0.128 e. The summed E-state index contributed by atoms with van der Waals surface area (Å²) in [6.45, 7) is 9.51. The van der Waals surface area contributed by atoms with E-state index in [4.69, 9.17) is 4.74 Å². The highest BCUT2D eigenvalue weighted by Gasteiger charge is 2.16. The number of ether oxygens (including phenoxy) is 1. The van der Waals surface area contributed by atoms with Crippen molar-refractivity contribution in [2.45, 2.75) is 111 Å². The Morgan fingerprint density at radius 2 is 1.17 bits per heavy atom.